The van der Waals surface area contributed by atoms with Crippen molar-refractivity contribution in [2.75, 3.05) is 0 Å². The zero-order valence-electron chi connectivity index (χ0n) is 20.5. The van der Waals surface area contributed by atoms with E-state index in [1.54, 1.807) is 0 Å². The molecule has 5 rings (SSSR count). The molecule has 1 unspecified atom stereocenters. The molecule has 1 heterocycles. The quantitative estimate of drug-likeness (QED) is 0.236. The maximum Gasteiger partial charge on any atom is 0.0944 e. The van der Waals surface area contributed by atoms with E-state index < -0.39 is 0 Å². The summed E-state index contributed by atoms with van der Waals surface area (Å²) in [6.07, 6.45) is 5.45. The van der Waals surface area contributed by atoms with Crippen molar-refractivity contribution in [3.63, 3.8) is 0 Å². The van der Waals surface area contributed by atoms with E-state index in [1.165, 1.54) is 32.8 Å². The molecule has 0 amide bonds. The number of pyridine rings is 1. The predicted molar refractivity (Wildman–Crippen MR) is 149 cm³/mol. The fourth-order valence-electron chi connectivity index (χ4n) is 4.95. The van der Waals surface area contributed by atoms with Crippen LogP contribution < -0.4 is 5.32 Å². The van der Waals surface area contributed by atoms with Crippen molar-refractivity contribution in [1.82, 2.24) is 10.3 Å². The van der Waals surface area contributed by atoms with Crippen molar-refractivity contribution in [2.24, 2.45) is 0 Å². The molecule has 1 N–H and O–H groups in total. The first-order valence-electron chi connectivity index (χ1n) is 12.7. The van der Waals surface area contributed by atoms with E-state index >= 15 is 0 Å². The number of hydrogen-bond donors (Lipinski definition) is 1. The fourth-order valence-corrected chi connectivity index (χ4v) is 4.95. The van der Waals surface area contributed by atoms with Gasteiger partial charge in [-0.1, -0.05) is 111 Å². The summed E-state index contributed by atoms with van der Waals surface area (Å²) in [5.41, 5.74) is 5.70. The highest BCUT2D eigenvalue weighted by Crippen LogP contribution is 2.35. The molecule has 2 nitrogen and oxygen atoms in total. The molecule has 1 aromatic heterocycles. The number of nitrogens with zero attached hydrogens (tertiary/aromatic N) is 1. The van der Waals surface area contributed by atoms with Crippen LogP contribution in [0, 0.1) is 0 Å². The lowest BCUT2D eigenvalue weighted by Crippen LogP contribution is -2.23. The van der Waals surface area contributed by atoms with Gasteiger partial charge in [-0.05, 0) is 58.1 Å². The summed E-state index contributed by atoms with van der Waals surface area (Å²) in [5, 5.41) is 9.01. The minimum atomic E-state index is -0.0579. The van der Waals surface area contributed by atoms with Crippen LogP contribution >= 0.6 is 0 Å². The molecule has 0 saturated carbocycles. The molecule has 5 aromatic rings. The van der Waals surface area contributed by atoms with Gasteiger partial charge in [0.1, 0.15) is 0 Å². The van der Waals surface area contributed by atoms with Gasteiger partial charge in [-0.2, -0.15) is 0 Å². The van der Waals surface area contributed by atoms with E-state index in [0.717, 1.165) is 36.2 Å². The molecule has 0 fully saturated rings. The average molecular weight is 457 g/mol. The topological polar surface area (TPSA) is 24.9 Å². The minimum absolute atomic E-state index is 0.0579. The van der Waals surface area contributed by atoms with Crippen LogP contribution in [0.3, 0.4) is 0 Å². The third kappa shape index (κ3) is 4.83. The van der Waals surface area contributed by atoms with Crippen LogP contribution in [0.5, 0.6) is 0 Å². The molecular weight excluding hydrogens is 424 g/mol. The molecule has 4 aromatic carbocycles. The Morgan fingerprint density at radius 2 is 1.49 bits per heavy atom. The summed E-state index contributed by atoms with van der Waals surface area (Å²) in [4.78, 5) is 5.19. The maximum absolute atomic E-state index is 5.19. The van der Waals surface area contributed by atoms with Gasteiger partial charge >= 0.3 is 0 Å². The Morgan fingerprint density at radius 1 is 0.771 bits per heavy atom. The highest BCUT2D eigenvalue weighted by molar-refractivity contribution is 6.09. The number of nitrogens with one attached hydrogen (secondary N) is 1. The Labute approximate surface area is 208 Å². The van der Waals surface area contributed by atoms with E-state index in [9.17, 15) is 0 Å². The number of rotatable bonds is 8. The van der Waals surface area contributed by atoms with Crippen LogP contribution in [0.2, 0.25) is 0 Å². The largest absolute Gasteiger partial charge is 0.376 e. The van der Waals surface area contributed by atoms with Crippen molar-refractivity contribution in [3.8, 4) is 11.3 Å². The number of hydrogen-bond acceptors (Lipinski definition) is 2. The monoisotopic (exact) mass is 456 g/mol. The van der Waals surface area contributed by atoms with Crippen LogP contribution in [0.25, 0.3) is 32.8 Å². The Bertz CT molecular complexity index is 1470. The van der Waals surface area contributed by atoms with Gasteiger partial charge < -0.3 is 5.32 Å². The minimum Gasteiger partial charge on any atom is -0.376 e. The second kappa shape index (κ2) is 10.6. The van der Waals surface area contributed by atoms with Gasteiger partial charge in [0.15, 0.2) is 0 Å². The van der Waals surface area contributed by atoms with Crippen LogP contribution in [0.15, 0.2) is 115 Å². The summed E-state index contributed by atoms with van der Waals surface area (Å²) in [7, 11) is 0. The van der Waals surface area contributed by atoms with Gasteiger partial charge in [-0.3, -0.25) is 4.98 Å². The lowest BCUT2D eigenvalue weighted by atomic mass is 9.91. The van der Waals surface area contributed by atoms with Crippen molar-refractivity contribution >= 4 is 21.5 Å². The van der Waals surface area contributed by atoms with Crippen molar-refractivity contribution in [1.29, 1.82) is 0 Å². The van der Waals surface area contributed by atoms with Gasteiger partial charge in [-0.25, -0.2) is 0 Å². The normalized spacial score (nSPS) is 12.7. The van der Waals surface area contributed by atoms with Gasteiger partial charge in [0.05, 0.1) is 17.4 Å². The molecule has 0 saturated heterocycles. The Kier molecular flexibility index (Phi) is 6.90. The number of benzene rings is 4. The first kappa shape index (κ1) is 22.9. The molecule has 174 valence electrons. The zero-order valence-corrected chi connectivity index (χ0v) is 20.5. The second-order valence-electron chi connectivity index (χ2n) is 9.01. The number of fused-ring (bicyclic) bond motifs is 3. The Balaban J connectivity index is 1.72. The van der Waals surface area contributed by atoms with E-state index in [2.05, 4.69) is 122 Å². The highest BCUT2D eigenvalue weighted by Gasteiger charge is 2.21. The first-order valence-corrected chi connectivity index (χ1v) is 12.7. The van der Waals surface area contributed by atoms with Crippen molar-refractivity contribution in [3.05, 3.63) is 126 Å². The number of allylic oxidation sites excluding steroid dienone is 2. The SMILES string of the molecule is CC/C=C(/CCC)NC(c1cccc(-c2ccccc2)n1)c1cc2ccccc2c2ccccc12. The maximum atomic E-state index is 5.19. The van der Waals surface area contributed by atoms with Crippen molar-refractivity contribution < 1.29 is 0 Å². The van der Waals surface area contributed by atoms with Crippen LogP contribution in [0.4, 0.5) is 0 Å². The fraction of sp³-hybridized carbons (Fsp3) is 0.182. The van der Waals surface area contributed by atoms with E-state index in [0.29, 0.717) is 0 Å². The van der Waals surface area contributed by atoms with Gasteiger partial charge in [0.25, 0.3) is 0 Å². The molecule has 0 bridgehead atoms. The molecule has 35 heavy (non-hydrogen) atoms. The van der Waals surface area contributed by atoms with Gasteiger partial charge in [0.2, 0.25) is 0 Å². The molecule has 1 atom stereocenters. The van der Waals surface area contributed by atoms with Gasteiger partial charge in [-0.15, -0.1) is 0 Å². The summed E-state index contributed by atoms with van der Waals surface area (Å²) in [6, 6.07) is 36.5. The van der Waals surface area contributed by atoms with Crippen LogP contribution in [-0.4, -0.2) is 4.98 Å². The smallest absolute Gasteiger partial charge is 0.0944 e. The molecule has 0 aliphatic carbocycles. The van der Waals surface area contributed by atoms with E-state index in [4.69, 9.17) is 4.98 Å². The summed E-state index contributed by atoms with van der Waals surface area (Å²) in [6.45, 7) is 4.44. The molecule has 0 radical (unpaired) electrons. The third-order valence-corrected chi connectivity index (χ3v) is 6.55. The summed E-state index contributed by atoms with van der Waals surface area (Å²) < 4.78 is 0. The number of aromatic nitrogens is 1. The van der Waals surface area contributed by atoms with E-state index in [1.807, 2.05) is 6.07 Å². The molecule has 2 heteroatoms. The average Bonchev–Trinajstić information content (AvgIpc) is 2.92. The second-order valence-corrected chi connectivity index (χ2v) is 9.01. The van der Waals surface area contributed by atoms with E-state index in [-0.39, 0.29) is 6.04 Å². The molecular formula is C33H32N2. The van der Waals surface area contributed by atoms with Crippen LogP contribution in [-0.2, 0) is 0 Å². The lowest BCUT2D eigenvalue weighted by molar-refractivity contribution is 0.640. The lowest BCUT2D eigenvalue weighted by Gasteiger charge is -2.25. The Morgan fingerprint density at radius 3 is 2.26 bits per heavy atom. The van der Waals surface area contributed by atoms with Crippen LogP contribution in [0.1, 0.15) is 50.4 Å². The van der Waals surface area contributed by atoms with Gasteiger partial charge in [0, 0.05) is 11.3 Å². The van der Waals surface area contributed by atoms with Crippen molar-refractivity contribution in [2.45, 2.75) is 39.2 Å². The predicted octanol–water partition coefficient (Wildman–Crippen LogP) is 8.83. The Hall–Kier alpha value is -3.91. The third-order valence-electron chi connectivity index (χ3n) is 6.55. The summed E-state index contributed by atoms with van der Waals surface area (Å²) in [5.74, 6) is 0. The molecule has 0 aliphatic heterocycles. The summed E-state index contributed by atoms with van der Waals surface area (Å²) >= 11 is 0. The first-order chi connectivity index (χ1) is 17.3. The molecule has 0 spiro atoms. The molecule has 0 aliphatic rings. The standard InChI is InChI=1S/C33H32N2/c1-3-13-26(14-4-2)34-33(32-22-12-21-31(35-32)24-15-6-5-7-16-24)30-23-25-17-8-9-18-27(25)28-19-10-11-20-29(28)30/h5-13,15-23,33-34H,3-4,14H2,1-2H3/b26-13-. The zero-order chi connectivity index (χ0) is 24.0. The highest BCUT2D eigenvalue weighted by atomic mass is 15.0.